The summed E-state index contributed by atoms with van der Waals surface area (Å²) in [4.78, 5) is 0. The first kappa shape index (κ1) is 15.3. The van der Waals surface area contributed by atoms with E-state index in [2.05, 4.69) is 5.32 Å². The summed E-state index contributed by atoms with van der Waals surface area (Å²) in [5.41, 5.74) is -0.508. The van der Waals surface area contributed by atoms with Crippen molar-refractivity contribution < 1.29 is 23.0 Å². The average Bonchev–Trinajstić information content (AvgIpc) is 2.82. The minimum absolute atomic E-state index is 0.0860. The van der Waals surface area contributed by atoms with Crippen molar-refractivity contribution in [3.05, 3.63) is 35.9 Å². The van der Waals surface area contributed by atoms with Gasteiger partial charge in [0.05, 0.1) is 13.0 Å². The van der Waals surface area contributed by atoms with Crippen LogP contribution in [0.5, 0.6) is 0 Å². The van der Waals surface area contributed by atoms with Gasteiger partial charge in [-0.1, -0.05) is 30.3 Å². The molecule has 0 spiro atoms. The van der Waals surface area contributed by atoms with Gasteiger partial charge in [0, 0.05) is 25.6 Å². The third-order valence-electron chi connectivity index (χ3n) is 3.40. The molecule has 2 N–H and O–H groups in total. The Labute approximate surface area is 115 Å². The molecule has 1 aromatic rings. The summed E-state index contributed by atoms with van der Waals surface area (Å²) in [7, 11) is 0. The third kappa shape index (κ3) is 4.47. The quantitative estimate of drug-likeness (QED) is 0.874. The lowest BCUT2D eigenvalue weighted by Gasteiger charge is -2.26. The lowest BCUT2D eigenvalue weighted by molar-refractivity contribution is -0.141. The number of aliphatic hydroxyl groups is 1. The number of halogens is 3. The first-order chi connectivity index (χ1) is 9.38. The molecule has 1 aliphatic rings. The van der Waals surface area contributed by atoms with Gasteiger partial charge in [-0.2, -0.15) is 13.2 Å². The smallest absolute Gasteiger partial charge is 0.386 e. The molecule has 2 unspecified atom stereocenters. The van der Waals surface area contributed by atoms with Crippen molar-refractivity contribution >= 4 is 0 Å². The van der Waals surface area contributed by atoms with Crippen LogP contribution in [0.2, 0.25) is 0 Å². The molecule has 0 aromatic heterocycles. The Morgan fingerprint density at radius 2 is 2.00 bits per heavy atom. The van der Waals surface area contributed by atoms with E-state index in [1.165, 1.54) is 0 Å². The van der Waals surface area contributed by atoms with E-state index in [9.17, 15) is 18.3 Å². The number of hydrogen-bond donors (Lipinski definition) is 2. The van der Waals surface area contributed by atoms with Crippen molar-refractivity contribution in [3.8, 4) is 0 Å². The van der Waals surface area contributed by atoms with Gasteiger partial charge >= 0.3 is 6.18 Å². The Bertz CT molecular complexity index is 416. The summed E-state index contributed by atoms with van der Waals surface area (Å²) in [6, 6.07) is 7.60. The summed E-state index contributed by atoms with van der Waals surface area (Å²) in [6.45, 7) is 0.684. The fourth-order valence-electron chi connectivity index (χ4n) is 2.27. The van der Waals surface area contributed by atoms with Crippen LogP contribution in [0.25, 0.3) is 0 Å². The van der Waals surface area contributed by atoms with Crippen LogP contribution >= 0.6 is 0 Å². The van der Waals surface area contributed by atoms with Crippen LogP contribution < -0.4 is 5.32 Å². The van der Waals surface area contributed by atoms with E-state index in [1.54, 1.807) is 30.3 Å². The molecule has 0 saturated carbocycles. The summed E-state index contributed by atoms with van der Waals surface area (Å²) >= 11 is 0. The van der Waals surface area contributed by atoms with E-state index < -0.39 is 24.2 Å². The molecular formula is C14H18F3NO2. The molecule has 3 nitrogen and oxygen atoms in total. The molecule has 2 rings (SSSR count). The second kappa shape index (κ2) is 6.11. The molecule has 1 heterocycles. The number of benzene rings is 1. The Morgan fingerprint density at radius 3 is 2.55 bits per heavy atom. The third-order valence-corrected chi connectivity index (χ3v) is 3.40. The molecule has 2 atom stereocenters. The van der Waals surface area contributed by atoms with Gasteiger partial charge in [0.1, 0.15) is 5.60 Å². The van der Waals surface area contributed by atoms with Crippen LogP contribution in [0.3, 0.4) is 0 Å². The lowest BCUT2D eigenvalue weighted by Crippen LogP contribution is -2.43. The molecule has 1 saturated heterocycles. The van der Waals surface area contributed by atoms with E-state index in [-0.39, 0.29) is 13.2 Å². The molecule has 0 radical (unpaired) electrons. The fourth-order valence-corrected chi connectivity index (χ4v) is 2.27. The van der Waals surface area contributed by atoms with Gasteiger partial charge in [0.15, 0.2) is 0 Å². The van der Waals surface area contributed by atoms with Gasteiger partial charge in [0.25, 0.3) is 0 Å². The standard InChI is InChI=1S/C14H18F3NO2/c15-14(16,17)8-12(11-4-2-1-3-5-11)18-9-13(19)6-7-20-10-13/h1-5,12,18-19H,6-10H2. The predicted octanol–water partition coefficient (Wildman–Crippen LogP) is 2.42. The highest BCUT2D eigenvalue weighted by Gasteiger charge is 2.36. The molecule has 20 heavy (non-hydrogen) atoms. The molecule has 6 heteroatoms. The minimum atomic E-state index is -4.26. The number of ether oxygens (including phenoxy) is 1. The first-order valence-corrected chi connectivity index (χ1v) is 6.53. The van der Waals surface area contributed by atoms with Crippen LogP contribution in [0.15, 0.2) is 30.3 Å². The minimum Gasteiger partial charge on any atom is -0.386 e. The van der Waals surface area contributed by atoms with E-state index in [0.717, 1.165) is 0 Å². The second-order valence-corrected chi connectivity index (χ2v) is 5.19. The van der Waals surface area contributed by atoms with Crippen LogP contribution in [-0.4, -0.2) is 36.6 Å². The lowest BCUT2D eigenvalue weighted by atomic mass is 9.99. The van der Waals surface area contributed by atoms with Crippen LogP contribution in [0.4, 0.5) is 13.2 Å². The van der Waals surface area contributed by atoms with Gasteiger partial charge in [0.2, 0.25) is 0 Å². The van der Waals surface area contributed by atoms with Gasteiger partial charge in [-0.25, -0.2) is 0 Å². The monoisotopic (exact) mass is 289 g/mol. The fraction of sp³-hybridized carbons (Fsp3) is 0.571. The van der Waals surface area contributed by atoms with Crippen molar-refractivity contribution in [2.24, 2.45) is 0 Å². The van der Waals surface area contributed by atoms with E-state index in [4.69, 9.17) is 4.74 Å². The SMILES string of the molecule is OC1(CNC(CC(F)(F)F)c2ccccc2)CCOC1. The highest BCUT2D eigenvalue weighted by atomic mass is 19.4. The van der Waals surface area contributed by atoms with Crippen molar-refractivity contribution in [2.75, 3.05) is 19.8 Å². The second-order valence-electron chi connectivity index (χ2n) is 5.19. The average molecular weight is 289 g/mol. The van der Waals surface area contributed by atoms with Crippen molar-refractivity contribution in [2.45, 2.75) is 30.7 Å². The molecule has 112 valence electrons. The Hall–Kier alpha value is -1.11. The summed E-state index contributed by atoms with van der Waals surface area (Å²) < 4.78 is 43.1. The molecule has 0 bridgehead atoms. The summed E-state index contributed by atoms with van der Waals surface area (Å²) in [5, 5.41) is 12.9. The normalized spacial score (nSPS) is 24.8. The Morgan fingerprint density at radius 1 is 1.30 bits per heavy atom. The zero-order valence-corrected chi connectivity index (χ0v) is 11.0. The van der Waals surface area contributed by atoms with Gasteiger partial charge < -0.3 is 15.2 Å². The highest BCUT2D eigenvalue weighted by Crippen LogP contribution is 2.30. The largest absolute Gasteiger partial charge is 0.390 e. The van der Waals surface area contributed by atoms with Crippen LogP contribution in [-0.2, 0) is 4.74 Å². The Balaban J connectivity index is 2.03. The number of nitrogens with one attached hydrogen (secondary N) is 1. The van der Waals surface area contributed by atoms with E-state index in [1.807, 2.05) is 0 Å². The predicted molar refractivity (Wildman–Crippen MR) is 68.2 cm³/mol. The molecule has 1 aromatic carbocycles. The van der Waals surface area contributed by atoms with Crippen LogP contribution in [0, 0.1) is 0 Å². The topological polar surface area (TPSA) is 41.5 Å². The Kier molecular flexibility index (Phi) is 4.67. The van der Waals surface area contributed by atoms with E-state index in [0.29, 0.717) is 18.6 Å². The number of alkyl halides is 3. The maximum absolute atomic E-state index is 12.7. The van der Waals surface area contributed by atoms with Crippen LogP contribution in [0.1, 0.15) is 24.4 Å². The maximum Gasteiger partial charge on any atom is 0.390 e. The summed E-state index contributed by atoms with van der Waals surface area (Å²) in [6.07, 6.45) is -4.79. The zero-order chi connectivity index (χ0) is 14.6. The highest BCUT2D eigenvalue weighted by molar-refractivity contribution is 5.19. The van der Waals surface area contributed by atoms with Crippen molar-refractivity contribution in [1.29, 1.82) is 0 Å². The van der Waals surface area contributed by atoms with E-state index >= 15 is 0 Å². The number of rotatable bonds is 5. The first-order valence-electron chi connectivity index (χ1n) is 6.53. The van der Waals surface area contributed by atoms with Crippen molar-refractivity contribution in [1.82, 2.24) is 5.32 Å². The maximum atomic E-state index is 12.7. The molecule has 1 aliphatic heterocycles. The van der Waals surface area contributed by atoms with Gasteiger partial charge in [-0.05, 0) is 5.56 Å². The summed E-state index contributed by atoms with van der Waals surface area (Å²) in [5.74, 6) is 0. The molecule has 1 fully saturated rings. The zero-order valence-electron chi connectivity index (χ0n) is 11.0. The molecule has 0 aliphatic carbocycles. The molecular weight excluding hydrogens is 271 g/mol. The van der Waals surface area contributed by atoms with Gasteiger partial charge in [-0.15, -0.1) is 0 Å². The van der Waals surface area contributed by atoms with Gasteiger partial charge in [-0.3, -0.25) is 0 Å². The van der Waals surface area contributed by atoms with Crippen molar-refractivity contribution in [3.63, 3.8) is 0 Å². The number of hydrogen-bond acceptors (Lipinski definition) is 3. The molecule has 0 amide bonds.